The summed E-state index contributed by atoms with van der Waals surface area (Å²) >= 11 is 1.45. The Labute approximate surface area is 169 Å². The topological polar surface area (TPSA) is 78.7 Å². The molecular weight excluding hydrogens is 451 g/mol. The molecule has 0 atom stereocenters. The normalized spacial score (nSPS) is 10.8. The van der Waals surface area contributed by atoms with Gasteiger partial charge in [-0.25, -0.2) is 0 Å². The molecule has 2 aromatic heterocycles. The number of guanidine groups is 1. The fourth-order valence-electron chi connectivity index (χ4n) is 2.07. The Balaban J connectivity index is 0.00000312. The van der Waals surface area contributed by atoms with E-state index in [1.54, 1.807) is 6.26 Å². The van der Waals surface area contributed by atoms with E-state index in [-0.39, 0.29) is 29.9 Å². The van der Waals surface area contributed by atoms with Crippen molar-refractivity contribution in [3.05, 3.63) is 46.5 Å². The third-order valence-corrected chi connectivity index (χ3v) is 4.09. The molecule has 0 aromatic carbocycles. The zero-order valence-electron chi connectivity index (χ0n) is 14.3. The number of halogens is 1. The van der Waals surface area contributed by atoms with Gasteiger partial charge in [0.15, 0.2) is 5.96 Å². The van der Waals surface area contributed by atoms with Crippen LogP contribution in [0, 0.1) is 0 Å². The molecule has 0 bridgehead atoms. The van der Waals surface area contributed by atoms with E-state index in [4.69, 9.17) is 4.42 Å². The van der Waals surface area contributed by atoms with Gasteiger partial charge in [0.2, 0.25) is 0 Å². The maximum Gasteiger partial charge on any atom is 0.261 e. The molecule has 25 heavy (non-hydrogen) atoms. The summed E-state index contributed by atoms with van der Waals surface area (Å²) in [4.78, 5) is 17.0. The number of carbonyl (C=O) groups is 1. The first kappa shape index (κ1) is 21.5. The van der Waals surface area contributed by atoms with Gasteiger partial charge in [-0.05, 0) is 36.9 Å². The Morgan fingerprint density at radius 3 is 2.76 bits per heavy atom. The second-order valence-corrected chi connectivity index (χ2v) is 6.05. The Morgan fingerprint density at radius 2 is 2.08 bits per heavy atom. The second-order valence-electron chi connectivity index (χ2n) is 5.10. The maximum atomic E-state index is 11.8. The number of hydrogen-bond acceptors (Lipinski definition) is 4. The number of aliphatic imine (C=N–C) groups is 1. The van der Waals surface area contributed by atoms with E-state index in [1.165, 1.54) is 11.3 Å². The van der Waals surface area contributed by atoms with Crippen LogP contribution in [0.25, 0.3) is 0 Å². The van der Waals surface area contributed by atoms with Crippen LogP contribution < -0.4 is 16.0 Å². The zero-order valence-corrected chi connectivity index (χ0v) is 17.4. The first-order valence-electron chi connectivity index (χ1n) is 8.16. The fraction of sp³-hybridized carbons (Fsp3) is 0.412. The van der Waals surface area contributed by atoms with Crippen LogP contribution in [0.4, 0.5) is 0 Å². The second kappa shape index (κ2) is 12.8. The molecular formula is C17H25IN4O2S. The number of rotatable bonds is 9. The van der Waals surface area contributed by atoms with Crippen LogP contribution in [0.15, 0.2) is 45.3 Å². The lowest BCUT2D eigenvalue weighted by atomic mass is 10.3. The molecule has 0 spiro atoms. The van der Waals surface area contributed by atoms with Crippen molar-refractivity contribution in [2.45, 2.75) is 19.8 Å². The minimum atomic E-state index is -0.0162. The lowest BCUT2D eigenvalue weighted by Crippen LogP contribution is -2.38. The van der Waals surface area contributed by atoms with E-state index in [0.717, 1.165) is 42.5 Å². The molecule has 0 fully saturated rings. The Morgan fingerprint density at radius 1 is 1.20 bits per heavy atom. The average Bonchev–Trinajstić information content (AvgIpc) is 3.28. The van der Waals surface area contributed by atoms with Gasteiger partial charge >= 0.3 is 0 Å². The van der Waals surface area contributed by atoms with Crippen LogP contribution in [0.2, 0.25) is 0 Å². The highest BCUT2D eigenvalue weighted by Crippen LogP contribution is 2.07. The summed E-state index contributed by atoms with van der Waals surface area (Å²) in [6, 6.07) is 7.55. The third kappa shape index (κ3) is 8.39. The molecule has 0 saturated heterocycles. The number of thiophene rings is 1. The fourth-order valence-corrected chi connectivity index (χ4v) is 2.71. The van der Waals surface area contributed by atoms with Crippen molar-refractivity contribution in [1.82, 2.24) is 16.0 Å². The largest absolute Gasteiger partial charge is 0.469 e. The molecule has 0 radical (unpaired) electrons. The predicted molar refractivity (Wildman–Crippen MR) is 113 cm³/mol. The van der Waals surface area contributed by atoms with Crippen LogP contribution in [-0.2, 0) is 6.42 Å². The van der Waals surface area contributed by atoms with E-state index in [1.807, 2.05) is 36.6 Å². The Bertz CT molecular complexity index is 615. The van der Waals surface area contributed by atoms with Gasteiger partial charge in [0.1, 0.15) is 5.76 Å². The van der Waals surface area contributed by atoms with Crippen molar-refractivity contribution in [3.63, 3.8) is 0 Å². The first-order valence-corrected chi connectivity index (χ1v) is 9.04. The molecule has 0 saturated carbocycles. The van der Waals surface area contributed by atoms with E-state index in [0.29, 0.717) is 13.1 Å². The summed E-state index contributed by atoms with van der Waals surface area (Å²) in [5, 5.41) is 11.3. The number of carbonyl (C=O) groups excluding carboxylic acids is 1. The van der Waals surface area contributed by atoms with Crippen LogP contribution in [0.1, 0.15) is 28.8 Å². The highest BCUT2D eigenvalue weighted by molar-refractivity contribution is 14.0. The van der Waals surface area contributed by atoms with E-state index in [2.05, 4.69) is 20.9 Å². The molecule has 0 unspecified atom stereocenters. The van der Waals surface area contributed by atoms with E-state index >= 15 is 0 Å². The maximum absolute atomic E-state index is 11.8. The molecule has 0 aliphatic carbocycles. The lowest BCUT2D eigenvalue weighted by molar-refractivity contribution is 0.0957. The minimum Gasteiger partial charge on any atom is -0.469 e. The zero-order chi connectivity index (χ0) is 17.0. The minimum absolute atomic E-state index is 0. The Hall–Kier alpha value is -1.55. The standard InChI is InChI=1S/C17H24N4O2S.HI/c1-2-18-17(21-11-8-14-6-3-12-23-14)20-10-5-9-19-16(22)15-7-4-13-24-15;/h3-4,6-7,12-13H,2,5,8-11H2,1H3,(H,19,22)(H2,18,20,21);1H. The van der Waals surface area contributed by atoms with E-state index in [9.17, 15) is 4.79 Å². The lowest BCUT2D eigenvalue weighted by Gasteiger charge is -2.10. The van der Waals surface area contributed by atoms with Gasteiger partial charge in [-0.1, -0.05) is 6.07 Å². The molecule has 138 valence electrons. The van der Waals surface area contributed by atoms with Gasteiger partial charge in [-0.2, -0.15) is 0 Å². The molecule has 2 rings (SSSR count). The first-order chi connectivity index (χ1) is 11.8. The summed E-state index contributed by atoms with van der Waals surface area (Å²) < 4.78 is 5.30. The SMILES string of the molecule is CCNC(=NCCCNC(=O)c1cccs1)NCCc1ccco1.I. The molecule has 2 heterocycles. The Kier molecular flexibility index (Phi) is 11.0. The molecule has 2 aromatic rings. The predicted octanol–water partition coefficient (Wildman–Crippen LogP) is 2.88. The van der Waals surface area contributed by atoms with Crippen molar-refractivity contribution in [3.8, 4) is 0 Å². The van der Waals surface area contributed by atoms with Gasteiger partial charge in [-0.3, -0.25) is 9.79 Å². The number of hydrogen-bond donors (Lipinski definition) is 3. The number of amides is 1. The molecule has 0 aliphatic rings. The van der Waals surface area contributed by atoms with Crippen molar-refractivity contribution in [1.29, 1.82) is 0 Å². The van der Waals surface area contributed by atoms with Gasteiger partial charge in [-0.15, -0.1) is 35.3 Å². The average molecular weight is 476 g/mol. The monoisotopic (exact) mass is 476 g/mol. The van der Waals surface area contributed by atoms with Crippen LogP contribution in [0.3, 0.4) is 0 Å². The molecule has 1 amide bonds. The molecule has 0 aliphatic heterocycles. The van der Waals surface area contributed by atoms with Gasteiger partial charge in [0, 0.05) is 32.6 Å². The van der Waals surface area contributed by atoms with Gasteiger partial charge < -0.3 is 20.4 Å². The van der Waals surface area contributed by atoms with Crippen molar-refractivity contribution < 1.29 is 9.21 Å². The van der Waals surface area contributed by atoms with Crippen molar-refractivity contribution in [2.75, 3.05) is 26.2 Å². The molecule has 8 heteroatoms. The van der Waals surface area contributed by atoms with Gasteiger partial charge in [0.25, 0.3) is 5.91 Å². The van der Waals surface area contributed by atoms with Crippen LogP contribution in [0.5, 0.6) is 0 Å². The van der Waals surface area contributed by atoms with E-state index < -0.39 is 0 Å². The number of furan rings is 1. The quantitative estimate of drug-likeness (QED) is 0.225. The highest BCUT2D eigenvalue weighted by Gasteiger charge is 2.04. The molecule has 3 N–H and O–H groups in total. The summed E-state index contributed by atoms with van der Waals surface area (Å²) in [5.74, 6) is 1.72. The van der Waals surface area contributed by atoms with Gasteiger partial charge in [0.05, 0.1) is 11.1 Å². The third-order valence-electron chi connectivity index (χ3n) is 3.22. The van der Waals surface area contributed by atoms with Crippen molar-refractivity contribution >= 4 is 47.2 Å². The van der Waals surface area contributed by atoms with Crippen molar-refractivity contribution in [2.24, 2.45) is 4.99 Å². The van der Waals surface area contributed by atoms with Crippen LogP contribution >= 0.6 is 35.3 Å². The summed E-state index contributed by atoms with van der Waals surface area (Å²) in [7, 11) is 0. The molecule has 6 nitrogen and oxygen atoms in total. The summed E-state index contributed by atoms with van der Waals surface area (Å²) in [6.45, 7) is 4.87. The highest BCUT2D eigenvalue weighted by atomic mass is 127. The smallest absolute Gasteiger partial charge is 0.261 e. The van der Waals surface area contributed by atoms with Crippen LogP contribution in [-0.4, -0.2) is 38.0 Å². The summed E-state index contributed by atoms with van der Waals surface area (Å²) in [5.41, 5.74) is 0. The summed E-state index contributed by atoms with van der Waals surface area (Å²) in [6.07, 6.45) is 3.29. The number of nitrogens with one attached hydrogen (secondary N) is 3. The number of nitrogens with zero attached hydrogens (tertiary/aromatic N) is 1.